The number of anilines is 2. The zero-order valence-electron chi connectivity index (χ0n) is 15.1. The summed E-state index contributed by atoms with van der Waals surface area (Å²) in [7, 11) is -3.24. The normalized spacial score (nSPS) is 15.6. The highest BCUT2D eigenvalue weighted by Crippen LogP contribution is 2.26. The summed E-state index contributed by atoms with van der Waals surface area (Å²) in [6.07, 6.45) is 0.620. The molecule has 0 radical (unpaired) electrons. The molecule has 1 fully saturated rings. The van der Waals surface area contributed by atoms with E-state index in [1.165, 1.54) is 4.31 Å². The van der Waals surface area contributed by atoms with Gasteiger partial charge in [-0.15, -0.1) is 0 Å². The number of ether oxygens (including phenoxy) is 1. The number of nitrogens with two attached hydrogens (primary N) is 1. The first-order valence-corrected chi connectivity index (χ1v) is 10.4. The van der Waals surface area contributed by atoms with E-state index >= 15 is 0 Å². The van der Waals surface area contributed by atoms with Crippen LogP contribution in [0.1, 0.15) is 22.3 Å². The largest absolute Gasteiger partial charge is 0.492 e. The maximum absolute atomic E-state index is 12.6. The number of hydrogen-bond acceptors (Lipinski definition) is 5. The van der Waals surface area contributed by atoms with Crippen molar-refractivity contribution in [2.24, 2.45) is 5.73 Å². The van der Waals surface area contributed by atoms with E-state index in [0.717, 1.165) is 5.56 Å². The first-order valence-electron chi connectivity index (χ1n) is 8.76. The molecular weight excluding hydrogens is 366 g/mol. The number of nitrogens with zero attached hydrogens (tertiary/aromatic N) is 1. The predicted molar refractivity (Wildman–Crippen MR) is 106 cm³/mol. The van der Waals surface area contributed by atoms with E-state index in [-0.39, 0.29) is 11.7 Å². The molecule has 1 amide bonds. The van der Waals surface area contributed by atoms with E-state index < -0.39 is 10.0 Å². The van der Waals surface area contributed by atoms with Crippen LogP contribution in [-0.2, 0) is 10.0 Å². The summed E-state index contributed by atoms with van der Waals surface area (Å²) < 4.78 is 30.9. The van der Waals surface area contributed by atoms with Crippen LogP contribution in [0.3, 0.4) is 0 Å². The summed E-state index contributed by atoms with van der Waals surface area (Å²) in [5.41, 5.74) is 7.86. The Morgan fingerprint density at radius 3 is 2.56 bits per heavy atom. The first kappa shape index (κ1) is 19.2. The quantitative estimate of drug-likeness (QED) is 0.788. The van der Waals surface area contributed by atoms with Crippen molar-refractivity contribution < 1.29 is 17.9 Å². The van der Waals surface area contributed by atoms with Gasteiger partial charge in [0.25, 0.3) is 5.91 Å². The Labute approximate surface area is 159 Å². The van der Waals surface area contributed by atoms with Crippen LogP contribution in [0.4, 0.5) is 11.4 Å². The second-order valence-electron chi connectivity index (χ2n) is 6.36. The van der Waals surface area contributed by atoms with Crippen LogP contribution in [-0.4, -0.2) is 39.8 Å². The van der Waals surface area contributed by atoms with Crippen LogP contribution in [0.25, 0.3) is 0 Å². The van der Waals surface area contributed by atoms with Gasteiger partial charge >= 0.3 is 0 Å². The van der Waals surface area contributed by atoms with E-state index in [4.69, 9.17) is 10.5 Å². The molecule has 0 bridgehead atoms. The second-order valence-corrected chi connectivity index (χ2v) is 8.37. The number of carbonyl (C=O) groups is 1. The molecule has 0 aromatic heterocycles. The summed E-state index contributed by atoms with van der Waals surface area (Å²) in [5, 5.41) is 2.84. The van der Waals surface area contributed by atoms with Crippen molar-refractivity contribution in [1.82, 2.24) is 0 Å². The molecule has 3 N–H and O–H groups in total. The predicted octanol–water partition coefficient (Wildman–Crippen LogP) is 2.12. The number of hydrogen-bond donors (Lipinski definition) is 2. The fourth-order valence-electron chi connectivity index (χ4n) is 3.00. The average Bonchev–Trinajstić information content (AvgIpc) is 3.00. The maximum atomic E-state index is 12.6. The minimum absolute atomic E-state index is 0.166. The summed E-state index contributed by atoms with van der Waals surface area (Å²) in [6, 6.07) is 12.1. The Hall–Kier alpha value is -2.58. The molecule has 0 aliphatic carbocycles. The first-order chi connectivity index (χ1) is 12.9. The maximum Gasteiger partial charge on any atom is 0.255 e. The SMILES string of the molecule is Cc1cc(N2CCCS2(=O)=O)ccc1C(=O)Nc1ccc(OCCN)cc1. The number of sulfonamides is 1. The molecule has 1 heterocycles. The molecule has 0 atom stereocenters. The number of amides is 1. The molecule has 0 unspecified atom stereocenters. The summed E-state index contributed by atoms with van der Waals surface area (Å²) >= 11 is 0. The molecule has 0 saturated carbocycles. The number of benzene rings is 2. The lowest BCUT2D eigenvalue weighted by molar-refractivity contribution is 0.102. The molecule has 27 heavy (non-hydrogen) atoms. The van der Waals surface area contributed by atoms with Crippen LogP contribution in [0.15, 0.2) is 42.5 Å². The van der Waals surface area contributed by atoms with E-state index in [2.05, 4.69) is 5.32 Å². The Balaban J connectivity index is 1.71. The molecule has 3 rings (SSSR count). The fourth-order valence-corrected chi connectivity index (χ4v) is 4.55. The Morgan fingerprint density at radius 1 is 1.22 bits per heavy atom. The molecule has 1 saturated heterocycles. The van der Waals surface area contributed by atoms with Gasteiger partial charge in [-0.25, -0.2) is 8.42 Å². The van der Waals surface area contributed by atoms with Gasteiger partial charge in [-0.05, 0) is 61.4 Å². The zero-order chi connectivity index (χ0) is 19.4. The van der Waals surface area contributed by atoms with Gasteiger partial charge in [-0.3, -0.25) is 9.10 Å². The van der Waals surface area contributed by atoms with E-state index in [1.54, 1.807) is 49.4 Å². The number of carbonyl (C=O) groups excluding carboxylic acids is 1. The van der Waals surface area contributed by atoms with Gasteiger partial charge in [0.2, 0.25) is 10.0 Å². The third-order valence-corrected chi connectivity index (χ3v) is 6.21. The van der Waals surface area contributed by atoms with Crippen LogP contribution in [0.2, 0.25) is 0 Å². The summed E-state index contributed by atoms with van der Waals surface area (Å²) in [6.45, 7) is 3.15. The molecular formula is C19H23N3O4S. The number of rotatable bonds is 6. The van der Waals surface area contributed by atoms with Crippen molar-refractivity contribution >= 4 is 27.3 Å². The summed E-state index contributed by atoms with van der Waals surface area (Å²) in [5.74, 6) is 0.601. The van der Waals surface area contributed by atoms with Gasteiger partial charge in [-0.2, -0.15) is 0 Å². The van der Waals surface area contributed by atoms with Gasteiger partial charge in [0.05, 0.1) is 11.4 Å². The van der Waals surface area contributed by atoms with Crippen LogP contribution < -0.4 is 20.1 Å². The summed E-state index contributed by atoms with van der Waals surface area (Å²) in [4.78, 5) is 12.6. The second kappa shape index (κ2) is 7.98. The number of nitrogens with one attached hydrogen (secondary N) is 1. The molecule has 2 aromatic carbocycles. The lowest BCUT2D eigenvalue weighted by Crippen LogP contribution is -2.25. The highest BCUT2D eigenvalue weighted by Gasteiger charge is 2.28. The molecule has 2 aromatic rings. The van der Waals surface area contributed by atoms with Gasteiger partial charge in [0.15, 0.2) is 0 Å². The van der Waals surface area contributed by atoms with E-state index in [9.17, 15) is 13.2 Å². The van der Waals surface area contributed by atoms with Crippen LogP contribution >= 0.6 is 0 Å². The standard InChI is InChI=1S/C19H23N3O4S/c1-14-13-16(22-10-2-12-27(22,24)25)5-8-18(14)19(23)21-15-3-6-17(7-4-15)26-11-9-20/h3-8,13H,2,9-12,20H2,1H3,(H,21,23). The topological polar surface area (TPSA) is 102 Å². The lowest BCUT2D eigenvalue weighted by Gasteiger charge is -2.18. The third-order valence-electron chi connectivity index (χ3n) is 4.34. The Morgan fingerprint density at radius 2 is 1.96 bits per heavy atom. The molecule has 1 aliphatic heterocycles. The molecule has 1 aliphatic rings. The third kappa shape index (κ3) is 4.40. The highest BCUT2D eigenvalue weighted by atomic mass is 32.2. The smallest absolute Gasteiger partial charge is 0.255 e. The van der Waals surface area contributed by atoms with Crippen molar-refractivity contribution in [2.75, 3.05) is 35.1 Å². The van der Waals surface area contributed by atoms with Crippen molar-refractivity contribution in [2.45, 2.75) is 13.3 Å². The molecule has 8 heteroatoms. The van der Waals surface area contributed by atoms with Crippen LogP contribution in [0.5, 0.6) is 5.75 Å². The lowest BCUT2D eigenvalue weighted by atomic mass is 10.1. The highest BCUT2D eigenvalue weighted by molar-refractivity contribution is 7.93. The zero-order valence-corrected chi connectivity index (χ0v) is 16.0. The molecule has 7 nitrogen and oxygen atoms in total. The van der Waals surface area contributed by atoms with Crippen LogP contribution in [0, 0.1) is 6.92 Å². The molecule has 0 spiro atoms. The average molecular weight is 389 g/mol. The van der Waals surface area contributed by atoms with Gasteiger partial charge in [0, 0.05) is 24.3 Å². The van der Waals surface area contributed by atoms with E-state index in [0.29, 0.717) is 48.8 Å². The van der Waals surface area contributed by atoms with Crippen molar-refractivity contribution in [3.05, 3.63) is 53.6 Å². The Bertz CT molecular complexity index is 926. The van der Waals surface area contributed by atoms with Gasteiger partial charge in [0.1, 0.15) is 12.4 Å². The van der Waals surface area contributed by atoms with Crippen molar-refractivity contribution in [1.29, 1.82) is 0 Å². The minimum Gasteiger partial charge on any atom is -0.492 e. The minimum atomic E-state index is -3.24. The van der Waals surface area contributed by atoms with Crippen molar-refractivity contribution in [3.8, 4) is 5.75 Å². The number of aryl methyl sites for hydroxylation is 1. The van der Waals surface area contributed by atoms with E-state index in [1.807, 2.05) is 0 Å². The van der Waals surface area contributed by atoms with Crippen molar-refractivity contribution in [3.63, 3.8) is 0 Å². The van der Waals surface area contributed by atoms with Gasteiger partial charge < -0.3 is 15.8 Å². The van der Waals surface area contributed by atoms with Gasteiger partial charge in [-0.1, -0.05) is 0 Å². The fraction of sp³-hybridized carbons (Fsp3) is 0.316. The molecule has 144 valence electrons. The Kier molecular flexibility index (Phi) is 5.67. The monoisotopic (exact) mass is 389 g/mol.